The molecule has 2 amide bonds. The number of rotatable bonds is 3. The first-order valence-electron chi connectivity index (χ1n) is 5.13. The second kappa shape index (κ2) is 4.98. The van der Waals surface area contributed by atoms with Gasteiger partial charge in [0.1, 0.15) is 0 Å². The Morgan fingerprint density at radius 2 is 2.21 bits per heavy atom. The first-order chi connectivity index (χ1) is 6.59. The van der Waals surface area contributed by atoms with E-state index in [9.17, 15) is 9.59 Å². The normalized spacial score (nSPS) is 22.1. The number of hydrogen-bond acceptors (Lipinski definition) is 2. The number of piperidine rings is 1. The van der Waals surface area contributed by atoms with Crippen LogP contribution in [0, 0.1) is 5.92 Å². The van der Waals surface area contributed by atoms with Gasteiger partial charge in [-0.05, 0) is 25.2 Å². The molecule has 4 nitrogen and oxygen atoms in total. The van der Waals surface area contributed by atoms with Crippen molar-refractivity contribution in [1.82, 2.24) is 4.90 Å². The van der Waals surface area contributed by atoms with E-state index < -0.39 is 0 Å². The molecule has 80 valence electrons. The van der Waals surface area contributed by atoms with Crippen LogP contribution in [0.2, 0.25) is 0 Å². The number of primary amides is 1. The molecule has 1 unspecified atom stereocenters. The van der Waals surface area contributed by atoms with E-state index in [1.165, 1.54) is 0 Å². The van der Waals surface area contributed by atoms with Crippen molar-refractivity contribution in [3.8, 4) is 0 Å². The number of carbonyl (C=O) groups is 2. The molecular weight excluding hydrogens is 180 g/mol. The van der Waals surface area contributed by atoms with Crippen molar-refractivity contribution in [3.63, 3.8) is 0 Å². The van der Waals surface area contributed by atoms with Crippen LogP contribution < -0.4 is 5.73 Å². The van der Waals surface area contributed by atoms with E-state index >= 15 is 0 Å². The lowest BCUT2D eigenvalue weighted by molar-refractivity contribution is -0.130. The van der Waals surface area contributed by atoms with Gasteiger partial charge in [-0.1, -0.05) is 0 Å². The van der Waals surface area contributed by atoms with E-state index in [-0.39, 0.29) is 11.8 Å². The van der Waals surface area contributed by atoms with Crippen molar-refractivity contribution < 1.29 is 9.59 Å². The Morgan fingerprint density at radius 3 is 2.79 bits per heavy atom. The maximum absolute atomic E-state index is 11.1. The fourth-order valence-electron chi connectivity index (χ4n) is 1.93. The van der Waals surface area contributed by atoms with Gasteiger partial charge in [0.05, 0.1) is 0 Å². The second-order valence-corrected chi connectivity index (χ2v) is 3.98. The van der Waals surface area contributed by atoms with E-state index in [2.05, 4.69) is 0 Å². The summed E-state index contributed by atoms with van der Waals surface area (Å²) in [5.74, 6) is 0.346. The molecule has 4 heteroatoms. The predicted molar refractivity (Wildman–Crippen MR) is 53.4 cm³/mol. The monoisotopic (exact) mass is 198 g/mol. The summed E-state index contributed by atoms with van der Waals surface area (Å²) in [6.45, 7) is 3.25. The molecule has 14 heavy (non-hydrogen) atoms. The summed E-state index contributed by atoms with van der Waals surface area (Å²) in [6, 6.07) is 0. The number of amides is 2. The summed E-state index contributed by atoms with van der Waals surface area (Å²) >= 11 is 0. The Morgan fingerprint density at radius 1 is 1.50 bits per heavy atom. The first kappa shape index (κ1) is 11.0. The van der Waals surface area contributed by atoms with Crippen LogP contribution in [-0.4, -0.2) is 29.8 Å². The molecule has 0 aromatic carbocycles. The van der Waals surface area contributed by atoms with Gasteiger partial charge >= 0.3 is 0 Å². The highest BCUT2D eigenvalue weighted by Gasteiger charge is 2.21. The van der Waals surface area contributed by atoms with E-state index in [0.717, 1.165) is 32.4 Å². The Hall–Kier alpha value is -1.06. The predicted octanol–water partition coefficient (Wildman–Crippen LogP) is 0.510. The van der Waals surface area contributed by atoms with Gasteiger partial charge in [0.15, 0.2) is 0 Å². The Labute approximate surface area is 84.4 Å². The van der Waals surface area contributed by atoms with Crippen molar-refractivity contribution in [3.05, 3.63) is 0 Å². The topological polar surface area (TPSA) is 63.4 Å². The van der Waals surface area contributed by atoms with Gasteiger partial charge in [-0.3, -0.25) is 9.59 Å². The lowest BCUT2D eigenvalue weighted by Crippen LogP contribution is -2.38. The fraction of sp³-hybridized carbons (Fsp3) is 0.800. The van der Waals surface area contributed by atoms with Crippen molar-refractivity contribution in [2.75, 3.05) is 13.1 Å². The van der Waals surface area contributed by atoms with E-state index in [4.69, 9.17) is 5.73 Å². The third kappa shape index (κ3) is 3.36. The maximum atomic E-state index is 11.1. The molecule has 1 aliphatic rings. The average Bonchev–Trinajstić information content (AvgIpc) is 2.15. The van der Waals surface area contributed by atoms with E-state index in [1.807, 2.05) is 4.90 Å². The van der Waals surface area contributed by atoms with Gasteiger partial charge in [-0.2, -0.15) is 0 Å². The van der Waals surface area contributed by atoms with Gasteiger partial charge < -0.3 is 10.6 Å². The van der Waals surface area contributed by atoms with Gasteiger partial charge in [0, 0.05) is 26.4 Å². The summed E-state index contributed by atoms with van der Waals surface area (Å²) in [4.78, 5) is 23.6. The van der Waals surface area contributed by atoms with Crippen LogP contribution in [0.4, 0.5) is 0 Å². The molecule has 1 fully saturated rings. The minimum atomic E-state index is -0.245. The second-order valence-electron chi connectivity index (χ2n) is 3.98. The van der Waals surface area contributed by atoms with Crippen LogP contribution in [0.3, 0.4) is 0 Å². The minimum absolute atomic E-state index is 0.133. The Kier molecular flexibility index (Phi) is 3.92. The Balaban J connectivity index is 2.32. The van der Waals surface area contributed by atoms with Gasteiger partial charge in [0.2, 0.25) is 11.8 Å². The van der Waals surface area contributed by atoms with Crippen LogP contribution in [-0.2, 0) is 9.59 Å². The van der Waals surface area contributed by atoms with Crippen molar-refractivity contribution in [2.45, 2.75) is 32.6 Å². The van der Waals surface area contributed by atoms with Gasteiger partial charge in [0.25, 0.3) is 0 Å². The van der Waals surface area contributed by atoms with Crippen LogP contribution in [0.15, 0.2) is 0 Å². The molecule has 0 radical (unpaired) electrons. The number of nitrogens with two attached hydrogens (primary N) is 1. The molecule has 2 N–H and O–H groups in total. The highest BCUT2D eigenvalue weighted by molar-refractivity contribution is 5.74. The molecule has 0 spiro atoms. The molecule has 0 aromatic rings. The number of likely N-dealkylation sites (tertiary alicyclic amines) is 1. The third-order valence-electron chi connectivity index (χ3n) is 2.76. The summed E-state index contributed by atoms with van der Waals surface area (Å²) < 4.78 is 0. The highest BCUT2D eigenvalue weighted by atomic mass is 16.2. The fourth-order valence-corrected chi connectivity index (χ4v) is 1.93. The summed E-state index contributed by atoms with van der Waals surface area (Å²) in [5.41, 5.74) is 5.08. The lowest BCUT2D eigenvalue weighted by atomic mass is 9.93. The van der Waals surface area contributed by atoms with Gasteiger partial charge in [-0.15, -0.1) is 0 Å². The zero-order valence-electron chi connectivity index (χ0n) is 8.66. The molecule has 1 rings (SSSR count). The third-order valence-corrected chi connectivity index (χ3v) is 2.76. The van der Waals surface area contributed by atoms with Crippen molar-refractivity contribution in [2.24, 2.45) is 11.7 Å². The highest BCUT2D eigenvalue weighted by Crippen LogP contribution is 2.20. The largest absolute Gasteiger partial charge is 0.370 e. The molecular formula is C10H18N2O2. The minimum Gasteiger partial charge on any atom is -0.370 e. The standard InChI is InChI=1S/C10H18N2O2/c1-8(13)12-6-2-3-9(7-12)4-5-10(11)14/h9H,2-7H2,1H3,(H2,11,14). The molecule has 0 bridgehead atoms. The zero-order valence-corrected chi connectivity index (χ0v) is 8.66. The molecule has 1 aliphatic heterocycles. The van der Waals surface area contributed by atoms with Crippen molar-refractivity contribution in [1.29, 1.82) is 0 Å². The van der Waals surface area contributed by atoms with Gasteiger partial charge in [-0.25, -0.2) is 0 Å². The van der Waals surface area contributed by atoms with E-state index in [0.29, 0.717) is 12.3 Å². The molecule has 0 aliphatic carbocycles. The average molecular weight is 198 g/mol. The molecule has 1 heterocycles. The van der Waals surface area contributed by atoms with Crippen LogP contribution in [0.1, 0.15) is 32.6 Å². The van der Waals surface area contributed by atoms with Crippen molar-refractivity contribution >= 4 is 11.8 Å². The number of nitrogens with zero attached hydrogens (tertiary/aromatic N) is 1. The maximum Gasteiger partial charge on any atom is 0.219 e. The smallest absolute Gasteiger partial charge is 0.219 e. The molecule has 0 aromatic heterocycles. The van der Waals surface area contributed by atoms with Crippen LogP contribution in [0.5, 0.6) is 0 Å². The quantitative estimate of drug-likeness (QED) is 0.718. The number of hydrogen-bond donors (Lipinski definition) is 1. The van der Waals surface area contributed by atoms with Crippen LogP contribution in [0.25, 0.3) is 0 Å². The lowest BCUT2D eigenvalue weighted by Gasteiger charge is -2.31. The molecule has 1 saturated heterocycles. The van der Waals surface area contributed by atoms with E-state index in [1.54, 1.807) is 6.92 Å². The first-order valence-corrected chi connectivity index (χ1v) is 5.13. The summed E-state index contributed by atoms with van der Waals surface area (Å²) in [6.07, 6.45) is 3.41. The zero-order chi connectivity index (χ0) is 10.6. The summed E-state index contributed by atoms with van der Waals surface area (Å²) in [7, 11) is 0. The van der Waals surface area contributed by atoms with Crippen LogP contribution >= 0.6 is 0 Å². The molecule has 1 atom stereocenters. The molecule has 0 saturated carbocycles. The summed E-state index contributed by atoms with van der Waals surface area (Å²) in [5, 5.41) is 0. The Bertz CT molecular complexity index is 228. The number of carbonyl (C=O) groups excluding carboxylic acids is 2. The SMILES string of the molecule is CC(=O)N1CCCC(CCC(N)=O)C1.